The smallest absolute Gasteiger partial charge is 0.250 e. The Morgan fingerprint density at radius 1 is 1.12 bits per heavy atom. The summed E-state index contributed by atoms with van der Waals surface area (Å²) >= 11 is 0. The lowest BCUT2D eigenvalue weighted by Crippen LogP contribution is -2.45. The Morgan fingerprint density at radius 2 is 1.79 bits per heavy atom. The molecule has 0 saturated heterocycles. The van der Waals surface area contributed by atoms with Crippen LogP contribution in [0.5, 0.6) is 0 Å². The second-order valence-electron chi connectivity index (χ2n) is 7.09. The summed E-state index contributed by atoms with van der Waals surface area (Å²) in [6.07, 6.45) is 2.68. The topological polar surface area (TPSA) is 32.3 Å². The summed E-state index contributed by atoms with van der Waals surface area (Å²) < 4.78 is 0. The predicted molar refractivity (Wildman–Crippen MR) is 99.8 cm³/mol. The number of fused-ring (bicyclic) bond motifs is 1. The minimum atomic E-state index is -0.104. The minimum Gasteiger partial charge on any atom is -0.368 e. The van der Waals surface area contributed by atoms with Crippen LogP contribution in [0.25, 0.3) is 5.70 Å². The average molecular weight is 320 g/mol. The average Bonchev–Trinajstić information content (AvgIpc) is 2.54. The van der Waals surface area contributed by atoms with Crippen LogP contribution in [-0.4, -0.2) is 23.4 Å². The van der Waals surface area contributed by atoms with E-state index in [1.165, 1.54) is 11.1 Å². The molecular weight excluding hydrogens is 296 g/mol. The van der Waals surface area contributed by atoms with E-state index in [1.54, 1.807) is 6.08 Å². The molecule has 0 aromatic heterocycles. The van der Waals surface area contributed by atoms with Crippen molar-refractivity contribution in [1.29, 1.82) is 0 Å². The quantitative estimate of drug-likeness (QED) is 0.839. The fraction of sp³-hybridized carbons (Fsp3) is 0.286. The monoisotopic (exact) mass is 320 g/mol. The summed E-state index contributed by atoms with van der Waals surface area (Å²) in [5.74, 6) is -0.104. The Kier molecular flexibility index (Phi) is 4.18. The van der Waals surface area contributed by atoms with E-state index >= 15 is 0 Å². The zero-order chi connectivity index (χ0) is 17.3. The van der Waals surface area contributed by atoms with Crippen molar-refractivity contribution in [2.24, 2.45) is 0 Å². The van der Waals surface area contributed by atoms with Crippen molar-refractivity contribution in [3.8, 4) is 0 Å². The van der Waals surface area contributed by atoms with Crippen LogP contribution in [0.2, 0.25) is 0 Å². The summed E-state index contributed by atoms with van der Waals surface area (Å²) in [5, 5.41) is 2.95. The minimum absolute atomic E-state index is 0.0235. The summed E-state index contributed by atoms with van der Waals surface area (Å²) in [6, 6.07) is 16.2. The maximum atomic E-state index is 12.5. The van der Waals surface area contributed by atoms with Gasteiger partial charge in [0.2, 0.25) is 5.91 Å². The molecule has 1 N–H and O–H groups in total. The van der Waals surface area contributed by atoms with Crippen molar-refractivity contribution in [2.75, 3.05) is 12.4 Å². The van der Waals surface area contributed by atoms with E-state index < -0.39 is 0 Å². The summed E-state index contributed by atoms with van der Waals surface area (Å²) in [6.45, 7) is 6.44. The van der Waals surface area contributed by atoms with E-state index in [4.69, 9.17) is 0 Å². The first-order chi connectivity index (χ1) is 11.4. The van der Waals surface area contributed by atoms with Gasteiger partial charge in [-0.3, -0.25) is 4.79 Å². The van der Waals surface area contributed by atoms with Crippen molar-refractivity contribution in [1.82, 2.24) is 4.90 Å². The lowest BCUT2D eigenvalue weighted by molar-refractivity contribution is -0.111. The van der Waals surface area contributed by atoms with Gasteiger partial charge in [-0.2, -0.15) is 0 Å². The second-order valence-corrected chi connectivity index (χ2v) is 7.09. The van der Waals surface area contributed by atoms with Crippen LogP contribution in [-0.2, 0) is 11.2 Å². The zero-order valence-corrected chi connectivity index (χ0v) is 14.8. The van der Waals surface area contributed by atoms with Gasteiger partial charge in [0.25, 0.3) is 0 Å². The van der Waals surface area contributed by atoms with Gasteiger partial charge in [-0.1, -0.05) is 42.0 Å². The highest BCUT2D eigenvalue weighted by molar-refractivity contribution is 6.04. The molecule has 124 valence electrons. The molecule has 0 saturated carbocycles. The number of benzene rings is 2. The van der Waals surface area contributed by atoms with Crippen LogP contribution in [0.15, 0.2) is 54.6 Å². The van der Waals surface area contributed by atoms with E-state index in [-0.39, 0.29) is 11.4 Å². The van der Waals surface area contributed by atoms with E-state index in [0.29, 0.717) is 0 Å². The molecular formula is C21H24N2O. The molecule has 3 rings (SSSR count). The van der Waals surface area contributed by atoms with Crippen LogP contribution in [0, 0.1) is 6.92 Å². The lowest BCUT2D eigenvalue weighted by Gasteiger charge is -2.44. The SMILES string of the molecule is Cc1ccc(NC(=O)C=C2c3ccccc3CC(C)(C)N2C)cc1. The molecule has 0 atom stereocenters. The van der Waals surface area contributed by atoms with Gasteiger partial charge in [0.15, 0.2) is 0 Å². The molecule has 2 aromatic carbocycles. The lowest BCUT2D eigenvalue weighted by atomic mass is 9.84. The fourth-order valence-electron chi connectivity index (χ4n) is 3.13. The molecule has 1 heterocycles. The molecule has 24 heavy (non-hydrogen) atoms. The van der Waals surface area contributed by atoms with Gasteiger partial charge < -0.3 is 10.2 Å². The van der Waals surface area contributed by atoms with Gasteiger partial charge in [0, 0.05) is 35.6 Å². The number of hydrogen-bond donors (Lipinski definition) is 1. The summed E-state index contributed by atoms with van der Waals surface area (Å²) in [5.41, 5.74) is 5.35. The van der Waals surface area contributed by atoms with Gasteiger partial charge >= 0.3 is 0 Å². The molecule has 0 bridgehead atoms. The Labute approximate surface area is 144 Å². The number of amides is 1. The van der Waals surface area contributed by atoms with E-state index in [0.717, 1.165) is 23.4 Å². The number of nitrogens with zero attached hydrogens (tertiary/aromatic N) is 1. The van der Waals surface area contributed by atoms with Crippen LogP contribution in [0.1, 0.15) is 30.5 Å². The molecule has 1 aliphatic heterocycles. The fourth-order valence-corrected chi connectivity index (χ4v) is 3.13. The number of carbonyl (C=O) groups is 1. The van der Waals surface area contributed by atoms with Crippen molar-refractivity contribution in [3.05, 3.63) is 71.3 Å². The van der Waals surface area contributed by atoms with E-state index in [1.807, 2.05) is 37.3 Å². The van der Waals surface area contributed by atoms with Crippen molar-refractivity contribution in [3.63, 3.8) is 0 Å². The summed E-state index contributed by atoms with van der Waals surface area (Å²) in [7, 11) is 2.06. The van der Waals surface area contributed by atoms with Crippen LogP contribution in [0.4, 0.5) is 5.69 Å². The number of anilines is 1. The van der Waals surface area contributed by atoms with Crippen LogP contribution < -0.4 is 5.32 Å². The number of rotatable bonds is 2. The maximum Gasteiger partial charge on any atom is 0.250 e. The Bertz CT molecular complexity index is 788. The predicted octanol–water partition coefficient (Wildman–Crippen LogP) is 4.24. The molecule has 0 spiro atoms. The number of likely N-dealkylation sites (N-methyl/N-ethyl adjacent to an activating group) is 1. The first kappa shape index (κ1) is 16.3. The Hall–Kier alpha value is -2.55. The first-order valence-corrected chi connectivity index (χ1v) is 8.28. The third-order valence-electron chi connectivity index (χ3n) is 4.77. The normalized spacial score (nSPS) is 17.5. The largest absolute Gasteiger partial charge is 0.368 e. The Balaban J connectivity index is 1.92. The molecule has 3 nitrogen and oxygen atoms in total. The first-order valence-electron chi connectivity index (χ1n) is 8.28. The van der Waals surface area contributed by atoms with Crippen molar-refractivity contribution >= 4 is 17.3 Å². The molecule has 1 aliphatic rings. The molecule has 0 unspecified atom stereocenters. The Morgan fingerprint density at radius 3 is 2.50 bits per heavy atom. The van der Waals surface area contributed by atoms with E-state index in [2.05, 4.69) is 49.3 Å². The summed E-state index contributed by atoms with van der Waals surface area (Å²) in [4.78, 5) is 14.7. The molecule has 1 amide bonds. The number of aryl methyl sites for hydroxylation is 1. The molecule has 0 aliphatic carbocycles. The highest BCUT2D eigenvalue weighted by Gasteiger charge is 2.33. The third kappa shape index (κ3) is 3.21. The van der Waals surface area contributed by atoms with Gasteiger partial charge in [-0.15, -0.1) is 0 Å². The highest BCUT2D eigenvalue weighted by atomic mass is 16.1. The zero-order valence-electron chi connectivity index (χ0n) is 14.8. The maximum absolute atomic E-state index is 12.5. The molecule has 2 aromatic rings. The van der Waals surface area contributed by atoms with Gasteiger partial charge in [0.1, 0.15) is 0 Å². The molecule has 0 fully saturated rings. The number of nitrogens with one attached hydrogen (secondary N) is 1. The number of hydrogen-bond acceptors (Lipinski definition) is 2. The van der Waals surface area contributed by atoms with Gasteiger partial charge in [0.05, 0.1) is 0 Å². The van der Waals surface area contributed by atoms with E-state index in [9.17, 15) is 4.79 Å². The molecule has 3 heteroatoms. The molecule has 0 radical (unpaired) electrons. The highest BCUT2D eigenvalue weighted by Crippen LogP contribution is 2.36. The second kappa shape index (κ2) is 6.16. The van der Waals surface area contributed by atoms with Gasteiger partial charge in [-0.25, -0.2) is 0 Å². The number of carbonyl (C=O) groups excluding carboxylic acids is 1. The van der Waals surface area contributed by atoms with Crippen LogP contribution >= 0.6 is 0 Å². The standard InChI is InChI=1S/C21H24N2O/c1-15-9-11-17(12-10-15)22-20(24)13-19-18-8-6-5-7-16(18)14-21(2,3)23(19)4/h5-13H,14H2,1-4H3,(H,22,24). The third-order valence-corrected chi connectivity index (χ3v) is 4.77. The van der Waals surface area contributed by atoms with Crippen LogP contribution in [0.3, 0.4) is 0 Å². The van der Waals surface area contributed by atoms with Crippen molar-refractivity contribution in [2.45, 2.75) is 32.7 Å². The van der Waals surface area contributed by atoms with Crippen molar-refractivity contribution < 1.29 is 4.79 Å². The van der Waals surface area contributed by atoms with Gasteiger partial charge in [-0.05, 0) is 44.9 Å².